The number of carbonyl (C=O) groups excluding carboxylic acids is 2. The van der Waals surface area contributed by atoms with Crippen LogP contribution in [0.15, 0.2) is 48.5 Å². The van der Waals surface area contributed by atoms with E-state index in [9.17, 15) is 9.59 Å². The van der Waals surface area contributed by atoms with Crippen molar-refractivity contribution in [3.8, 4) is 5.75 Å². The van der Waals surface area contributed by atoms with Gasteiger partial charge in [0.25, 0.3) is 0 Å². The number of carbonyl (C=O) groups is 2. The normalized spacial score (nSPS) is 15.7. The smallest absolute Gasteiger partial charge is 0.243 e. The molecular formula is C23H28N4O3S. The largest absolute Gasteiger partial charge is 0.494 e. The average Bonchev–Trinajstić information content (AvgIpc) is 2.77. The first-order chi connectivity index (χ1) is 15.0. The van der Waals surface area contributed by atoms with Gasteiger partial charge in [-0.25, -0.2) is 0 Å². The lowest BCUT2D eigenvalue weighted by Crippen LogP contribution is -2.58. The SMILES string of the molecule is CCOc1ccc(NC(=S)N2CCNC(=O)[C@H]2CC(=O)Nc2ccc(CC)cc2)cc1. The summed E-state index contributed by atoms with van der Waals surface area (Å²) in [7, 11) is 0. The van der Waals surface area contributed by atoms with Crippen LogP contribution in [0.1, 0.15) is 25.8 Å². The highest BCUT2D eigenvalue weighted by Crippen LogP contribution is 2.18. The minimum absolute atomic E-state index is 0.00641. The van der Waals surface area contributed by atoms with Crippen LogP contribution in [0, 0.1) is 0 Å². The lowest BCUT2D eigenvalue weighted by Gasteiger charge is -2.36. The van der Waals surface area contributed by atoms with E-state index in [1.54, 1.807) is 4.90 Å². The third-order valence-corrected chi connectivity index (χ3v) is 5.37. The van der Waals surface area contributed by atoms with Crippen LogP contribution in [-0.2, 0) is 16.0 Å². The second-order valence-corrected chi connectivity index (χ2v) is 7.58. The van der Waals surface area contributed by atoms with Crippen LogP contribution in [0.2, 0.25) is 0 Å². The number of aryl methyl sites for hydroxylation is 1. The van der Waals surface area contributed by atoms with Gasteiger partial charge in [-0.15, -0.1) is 0 Å². The van der Waals surface area contributed by atoms with E-state index in [1.807, 2.05) is 55.5 Å². The van der Waals surface area contributed by atoms with Crippen LogP contribution < -0.4 is 20.7 Å². The van der Waals surface area contributed by atoms with Crippen LogP contribution >= 0.6 is 12.2 Å². The van der Waals surface area contributed by atoms with E-state index in [2.05, 4.69) is 22.9 Å². The van der Waals surface area contributed by atoms with Gasteiger partial charge in [0.05, 0.1) is 13.0 Å². The second kappa shape index (κ2) is 10.8. The van der Waals surface area contributed by atoms with Gasteiger partial charge in [-0.1, -0.05) is 19.1 Å². The monoisotopic (exact) mass is 440 g/mol. The third-order valence-electron chi connectivity index (χ3n) is 5.03. The van der Waals surface area contributed by atoms with E-state index in [0.717, 1.165) is 17.9 Å². The molecule has 7 nitrogen and oxygen atoms in total. The topological polar surface area (TPSA) is 82.7 Å². The Morgan fingerprint density at radius 1 is 1.10 bits per heavy atom. The number of thiocarbonyl (C=S) groups is 1. The van der Waals surface area contributed by atoms with Gasteiger partial charge in [0.2, 0.25) is 11.8 Å². The fourth-order valence-corrected chi connectivity index (χ4v) is 3.70. The van der Waals surface area contributed by atoms with Gasteiger partial charge in [-0.2, -0.15) is 0 Å². The minimum atomic E-state index is -0.675. The highest BCUT2D eigenvalue weighted by molar-refractivity contribution is 7.80. The molecule has 3 N–H and O–H groups in total. The molecule has 0 aromatic heterocycles. The number of hydrogen-bond donors (Lipinski definition) is 3. The maximum Gasteiger partial charge on any atom is 0.243 e. The molecule has 2 amide bonds. The Hall–Kier alpha value is -3.13. The van der Waals surface area contributed by atoms with Gasteiger partial charge in [-0.3, -0.25) is 9.59 Å². The first-order valence-corrected chi connectivity index (χ1v) is 10.9. The number of nitrogens with zero attached hydrogens (tertiary/aromatic N) is 1. The van der Waals surface area contributed by atoms with Crippen molar-refractivity contribution in [1.29, 1.82) is 0 Å². The molecule has 1 aliphatic rings. The maximum atomic E-state index is 12.6. The Kier molecular flexibility index (Phi) is 7.83. The van der Waals surface area contributed by atoms with Crippen LogP contribution in [0.25, 0.3) is 0 Å². The van der Waals surface area contributed by atoms with Crippen LogP contribution in [-0.4, -0.2) is 47.6 Å². The molecular weight excluding hydrogens is 412 g/mol. The minimum Gasteiger partial charge on any atom is -0.494 e. The number of nitrogens with one attached hydrogen (secondary N) is 3. The van der Waals surface area contributed by atoms with Gasteiger partial charge in [0.1, 0.15) is 11.8 Å². The molecule has 1 aliphatic heterocycles. The molecule has 1 saturated heterocycles. The van der Waals surface area contributed by atoms with Crippen molar-refractivity contribution in [2.24, 2.45) is 0 Å². The first kappa shape index (κ1) is 22.6. The zero-order valence-electron chi connectivity index (χ0n) is 17.8. The summed E-state index contributed by atoms with van der Waals surface area (Å²) in [5.41, 5.74) is 2.69. The summed E-state index contributed by atoms with van der Waals surface area (Å²) in [5, 5.41) is 9.25. The molecule has 0 bridgehead atoms. The summed E-state index contributed by atoms with van der Waals surface area (Å²) in [6.07, 6.45) is 0.941. The lowest BCUT2D eigenvalue weighted by molar-refractivity contribution is -0.130. The van der Waals surface area contributed by atoms with E-state index in [4.69, 9.17) is 17.0 Å². The molecule has 0 spiro atoms. The van der Waals surface area contributed by atoms with Gasteiger partial charge in [-0.05, 0) is 67.5 Å². The fraction of sp³-hybridized carbons (Fsp3) is 0.348. The predicted octanol–water partition coefficient (Wildman–Crippen LogP) is 3.17. The molecule has 3 rings (SSSR count). The Bertz CT molecular complexity index is 915. The van der Waals surface area contributed by atoms with Gasteiger partial charge < -0.3 is 25.6 Å². The summed E-state index contributed by atoms with van der Waals surface area (Å²) in [6, 6.07) is 14.5. The number of hydrogen-bond acceptors (Lipinski definition) is 4. The molecule has 0 radical (unpaired) electrons. The van der Waals surface area contributed by atoms with Crippen LogP contribution in [0.5, 0.6) is 5.75 Å². The number of ether oxygens (including phenoxy) is 1. The standard InChI is InChI=1S/C23H28N4O3S/c1-3-16-5-7-17(8-6-16)25-21(28)15-20-22(29)24-13-14-27(20)23(31)26-18-9-11-19(12-10-18)30-4-2/h5-12,20H,3-4,13-15H2,1-2H3,(H,24,29)(H,25,28)(H,26,31)/t20-/m1/s1. The lowest BCUT2D eigenvalue weighted by atomic mass is 10.1. The maximum absolute atomic E-state index is 12.6. The van der Waals surface area contributed by atoms with Crippen molar-refractivity contribution in [1.82, 2.24) is 10.2 Å². The first-order valence-electron chi connectivity index (χ1n) is 10.5. The molecule has 8 heteroatoms. The fourth-order valence-electron chi connectivity index (χ4n) is 3.37. The summed E-state index contributed by atoms with van der Waals surface area (Å²) in [4.78, 5) is 26.9. The van der Waals surface area contributed by atoms with E-state index >= 15 is 0 Å². The molecule has 2 aromatic carbocycles. The van der Waals surface area contributed by atoms with E-state index < -0.39 is 6.04 Å². The molecule has 1 fully saturated rings. The average molecular weight is 441 g/mol. The number of benzene rings is 2. The van der Waals surface area contributed by atoms with E-state index in [0.29, 0.717) is 30.5 Å². The summed E-state index contributed by atoms with van der Waals surface area (Å²) >= 11 is 5.55. The summed E-state index contributed by atoms with van der Waals surface area (Å²) in [6.45, 7) is 5.60. The van der Waals surface area contributed by atoms with Gasteiger partial charge in [0.15, 0.2) is 5.11 Å². The van der Waals surface area contributed by atoms with Crippen LogP contribution in [0.3, 0.4) is 0 Å². The van der Waals surface area contributed by atoms with Crippen molar-refractivity contribution >= 4 is 40.5 Å². The Morgan fingerprint density at radius 3 is 2.39 bits per heavy atom. The van der Waals surface area contributed by atoms with Crippen LogP contribution in [0.4, 0.5) is 11.4 Å². The zero-order chi connectivity index (χ0) is 22.2. The molecule has 0 aliphatic carbocycles. The van der Waals surface area contributed by atoms with Crippen molar-refractivity contribution in [2.75, 3.05) is 30.3 Å². The van der Waals surface area contributed by atoms with Gasteiger partial charge in [0, 0.05) is 24.5 Å². The highest BCUT2D eigenvalue weighted by Gasteiger charge is 2.33. The Labute approximate surface area is 188 Å². The highest BCUT2D eigenvalue weighted by atomic mass is 32.1. The molecule has 0 unspecified atom stereocenters. The third kappa shape index (κ3) is 6.18. The van der Waals surface area contributed by atoms with Crippen molar-refractivity contribution in [3.63, 3.8) is 0 Å². The second-order valence-electron chi connectivity index (χ2n) is 7.19. The number of amides is 2. The predicted molar refractivity (Wildman–Crippen MR) is 126 cm³/mol. The molecule has 31 heavy (non-hydrogen) atoms. The van der Waals surface area contributed by atoms with Gasteiger partial charge >= 0.3 is 0 Å². The van der Waals surface area contributed by atoms with Crippen molar-refractivity contribution in [2.45, 2.75) is 32.7 Å². The Balaban J connectivity index is 1.63. The molecule has 2 aromatic rings. The number of rotatable bonds is 7. The van der Waals surface area contributed by atoms with E-state index in [-0.39, 0.29) is 18.2 Å². The summed E-state index contributed by atoms with van der Waals surface area (Å²) < 4.78 is 5.45. The van der Waals surface area contributed by atoms with E-state index in [1.165, 1.54) is 5.56 Å². The molecule has 0 saturated carbocycles. The zero-order valence-corrected chi connectivity index (χ0v) is 18.6. The number of piperazine rings is 1. The molecule has 1 heterocycles. The molecule has 164 valence electrons. The molecule has 1 atom stereocenters. The number of anilines is 2. The quantitative estimate of drug-likeness (QED) is 0.574. The summed E-state index contributed by atoms with van der Waals surface area (Å²) in [5.74, 6) is 0.330. The van der Waals surface area contributed by atoms with Crippen molar-refractivity contribution in [3.05, 3.63) is 54.1 Å². The Morgan fingerprint density at radius 2 is 1.74 bits per heavy atom. The van der Waals surface area contributed by atoms with Crippen molar-refractivity contribution < 1.29 is 14.3 Å².